The van der Waals surface area contributed by atoms with Crippen molar-refractivity contribution in [3.63, 3.8) is 0 Å². The van der Waals surface area contributed by atoms with Crippen LogP contribution in [0.15, 0.2) is 72.8 Å². The van der Waals surface area contributed by atoms with Crippen molar-refractivity contribution in [2.75, 3.05) is 0 Å². The molecule has 0 saturated heterocycles. The highest BCUT2D eigenvalue weighted by molar-refractivity contribution is 6.31. The van der Waals surface area contributed by atoms with E-state index in [9.17, 15) is 44.7 Å². The van der Waals surface area contributed by atoms with Crippen molar-refractivity contribution in [1.29, 1.82) is 0 Å². The van der Waals surface area contributed by atoms with Crippen LogP contribution in [0.1, 0.15) is 43.0 Å². The zero-order chi connectivity index (χ0) is 31.7. The molecule has 4 aromatic rings. The molecule has 0 saturated carbocycles. The van der Waals surface area contributed by atoms with Gasteiger partial charge in [-0.3, -0.25) is 0 Å². The van der Waals surface area contributed by atoms with E-state index in [0.717, 1.165) is 12.1 Å². The van der Waals surface area contributed by atoms with Crippen molar-refractivity contribution in [2.45, 2.75) is 18.8 Å². The number of carbonyl (C=O) groups excluding carboxylic acids is 2. The van der Waals surface area contributed by atoms with Crippen LogP contribution < -0.4 is 9.47 Å². The summed E-state index contributed by atoms with van der Waals surface area (Å²) in [6.07, 6.45) is -10.5. The Morgan fingerprint density at radius 3 is 1.30 bits per heavy atom. The minimum Gasteiger partial charge on any atom is -0.423 e. The Morgan fingerprint density at radius 1 is 0.581 bits per heavy atom. The second kappa shape index (κ2) is 12.2. The fourth-order valence-corrected chi connectivity index (χ4v) is 4.33. The van der Waals surface area contributed by atoms with E-state index < -0.39 is 58.2 Å². The molecular weight excluding hydrogens is 635 g/mol. The van der Waals surface area contributed by atoms with E-state index in [0.29, 0.717) is 24.3 Å². The fourth-order valence-electron chi connectivity index (χ4n) is 3.94. The van der Waals surface area contributed by atoms with E-state index in [1.807, 2.05) is 0 Å². The Hall–Kier alpha value is -4.16. The van der Waals surface area contributed by atoms with E-state index in [-0.39, 0.29) is 51.2 Å². The van der Waals surface area contributed by atoms with E-state index >= 15 is 0 Å². The maximum atomic E-state index is 13.5. The van der Waals surface area contributed by atoms with Crippen LogP contribution in [0.3, 0.4) is 0 Å². The summed E-state index contributed by atoms with van der Waals surface area (Å²) in [4.78, 5) is 25.5. The van der Waals surface area contributed by atoms with Crippen LogP contribution in [0.25, 0.3) is 0 Å². The van der Waals surface area contributed by atoms with Crippen molar-refractivity contribution >= 4 is 35.1 Å². The number of hydrogen-bond acceptors (Lipinski definition) is 4. The van der Waals surface area contributed by atoms with Crippen LogP contribution in [0.5, 0.6) is 11.5 Å². The number of ether oxygens (including phenoxy) is 2. The number of esters is 2. The van der Waals surface area contributed by atoms with Crippen LogP contribution in [0, 0.1) is 11.6 Å². The van der Waals surface area contributed by atoms with Gasteiger partial charge in [0.15, 0.2) is 0 Å². The highest BCUT2D eigenvalue weighted by Crippen LogP contribution is 2.36. The van der Waals surface area contributed by atoms with Gasteiger partial charge in [0.2, 0.25) is 0 Å². The summed E-state index contributed by atoms with van der Waals surface area (Å²) in [5.41, 5.74) is -4.98. The second-order valence-electron chi connectivity index (χ2n) is 8.84. The van der Waals surface area contributed by atoms with E-state index in [1.54, 1.807) is 0 Å². The Kier molecular flexibility index (Phi) is 9.02. The first-order valence-electron chi connectivity index (χ1n) is 11.8. The quantitative estimate of drug-likeness (QED) is 0.119. The number of hydrogen-bond donors (Lipinski definition) is 0. The molecular formula is C29H14Cl2F8O4. The lowest BCUT2D eigenvalue weighted by Gasteiger charge is -2.16. The van der Waals surface area contributed by atoms with Gasteiger partial charge in [-0.25, -0.2) is 18.4 Å². The molecule has 0 bridgehead atoms. The van der Waals surface area contributed by atoms with Crippen LogP contribution >= 0.6 is 23.2 Å². The minimum absolute atomic E-state index is 0.0637. The van der Waals surface area contributed by atoms with Crippen molar-refractivity contribution in [3.05, 3.63) is 128 Å². The maximum absolute atomic E-state index is 13.5. The second-order valence-corrected chi connectivity index (χ2v) is 9.71. The molecule has 43 heavy (non-hydrogen) atoms. The Labute approximate surface area is 247 Å². The Balaban J connectivity index is 1.68. The molecule has 0 amide bonds. The van der Waals surface area contributed by atoms with Crippen molar-refractivity contribution in [2.24, 2.45) is 0 Å². The zero-order valence-electron chi connectivity index (χ0n) is 21.0. The number of alkyl halides is 6. The number of carbonyl (C=O) groups is 2. The lowest BCUT2D eigenvalue weighted by atomic mass is 10.0. The van der Waals surface area contributed by atoms with Crippen LogP contribution in [-0.2, 0) is 18.8 Å². The lowest BCUT2D eigenvalue weighted by Crippen LogP contribution is -2.18. The molecule has 4 nitrogen and oxygen atoms in total. The molecule has 0 N–H and O–H groups in total. The van der Waals surface area contributed by atoms with Gasteiger partial charge in [0.25, 0.3) is 0 Å². The molecule has 0 unspecified atom stereocenters. The molecule has 0 spiro atoms. The molecule has 0 heterocycles. The molecule has 0 fully saturated rings. The average molecular weight is 649 g/mol. The van der Waals surface area contributed by atoms with Gasteiger partial charge in [0, 0.05) is 27.6 Å². The topological polar surface area (TPSA) is 52.6 Å². The minimum atomic E-state index is -5.09. The van der Waals surface area contributed by atoms with E-state index in [4.69, 9.17) is 32.7 Å². The molecule has 0 radical (unpaired) electrons. The SMILES string of the molecule is O=C(Oc1ccc(Cl)cc1Cc1cc(Cl)ccc1OC(=O)c1ccc(F)cc1C(F)(F)F)c1ccc(F)cc1C(F)(F)F. The molecule has 0 aliphatic carbocycles. The van der Waals surface area contributed by atoms with Crippen LogP contribution in [0.4, 0.5) is 35.1 Å². The number of rotatable bonds is 6. The summed E-state index contributed by atoms with van der Waals surface area (Å²) in [6.45, 7) is 0. The first kappa shape index (κ1) is 31.8. The summed E-state index contributed by atoms with van der Waals surface area (Å²) in [5, 5.41) is 0.184. The van der Waals surface area contributed by atoms with E-state index in [1.165, 1.54) is 24.3 Å². The molecule has 0 aromatic heterocycles. The summed E-state index contributed by atoms with van der Waals surface area (Å²) < 4.78 is 118. The number of halogens is 10. The first-order valence-corrected chi connectivity index (χ1v) is 12.5. The highest BCUT2D eigenvalue weighted by Gasteiger charge is 2.37. The molecule has 4 rings (SSSR count). The lowest BCUT2D eigenvalue weighted by molar-refractivity contribution is -0.139. The molecule has 224 valence electrons. The first-order chi connectivity index (χ1) is 20.0. The van der Waals surface area contributed by atoms with Crippen molar-refractivity contribution in [1.82, 2.24) is 0 Å². The third-order valence-corrected chi connectivity index (χ3v) is 6.32. The van der Waals surface area contributed by atoms with Gasteiger partial charge in [-0.2, -0.15) is 26.3 Å². The summed E-state index contributed by atoms with van der Waals surface area (Å²) in [5.74, 6) is -6.01. The number of benzene rings is 4. The monoisotopic (exact) mass is 648 g/mol. The largest absolute Gasteiger partial charge is 0.423 e. The predicted octanol–water partition coefficient (Wildman–Crippen LogP) is 9.34. The van der Waals surface area contributed by atoms with Crippen LogP contribution in [0.2, 0.25) is 10.0 Å². The fraction of sp³-hybridized carbons (Fsp3) is 0.103. The Morgan fingerprint density at radius 2 is 0.953 bits per heavy atom. The van der Waals surface area contributed by atoms with Gasteiger partial charge >= 0.3 is 24.3 Å². The molecule has 0 aliphatic heterocycles. The zero-order valence-corrected chi connectivity index (χ0v) is 22.6. The van der Waals surface area contributed by atoms with Gasteiger partial charge in [0.05, 0.1) is 22.3 Å². The average Bonchev–Trinajstić information content (AvgIpc) is 2.90. The third kappa shape index (κ3) is 7.63. The van der Waals surface area contributed by atoms with Gasteiger partial charge in [0.1, 0.15) is 23.1 Å². The van der Waals surface area contributed by atoms with Crippen LogP contribution in [-0.4, -0.2) is 11.9 Å². The molecule has 0 atom stereocenters. The molecule has 4 aromatic carbocycles. The smallest absolute Gasteiger partial charge is 0.417 e. The van der Waals surface area contributed by atoms with Gasteiger partial charge in [-0.15, -0.1) is 0 Å². The summed E-state index contributed by atoms with van der Waals surface area (Å²) >= 11 is 12.1. The normalized spacial score (nSPS) is 11.8. The summed E-state index contributed by atoms with van der Waals surface area (Å²) in [6, 6.07) is 10.2. The van der Waals surface area contributed by atoms with Gasteiger partial charge in [-0.05, 0) is 72.8 Å². The van der Waals surface area contributed by atoms with E-state index in [2.05, 4.69) is 0 Å². The maximum Gasteiger partial charge on any atom is 0.417 e. The predicted molar refractivity (Wildman–Crippen MR) is 138 cm³/mol. The van der Waals surface area contributed by atoms with Crippen molar-refractivity contribution in [3.8, 4) is 11.5 Å². The van der Waals surface area contributed by atoms with Gasteiger partial charge < -0.3 is 9.47 Å². The van der Waals surface area contributed by atoms with Crippen molar-refractivity contribution < 1.29 is 54.2 Å². The third-order valence-electron chi connectivity index (χ3n) is 5.85. The standard InChI is InChI=1S/C29H14Cl2F8O4/c30-16-1-7-24(42-26(40)20-5-3-18(32)12-22(20)28(34,35)36)14(10-16)9-15-11-17(31)2-8-25(15)43-27(41)21-6-4-19(33)13-23(21)29(37,38)39/h1-8,10-13H,9H2. The molecule has 14 heteroatoms. The highest BCUT2D eigenvalue weighted by atomic mass is 35.5. The van der Waals surface area contributed by atoms with Gasteiger partial charge in [-0.1, -0.05) is 23.2 Å². The molecule has 0 aliphatic rings. The Bertz CT molecular complexity index is 1590. The summed E-state index contributed by atoms with van der Waals surface area (Å²) in [7, 11) is 0.